The lowest BCUT2D eigenvalue weighted by molar-refractivity contribution is -0.119. The second kappa shape index (κ2) is 10.1. The van der Waals surface area contributed by atoms with Gasteiger partial charge in [-0.05, 0) is 24.3 Å². The van der Waals surface area contributed by atoms with Gasteiger partial charge in [0.2, 0.25) is 5.75 Å². The van der Waals surface area contributed by atoms with Gasteiger partial charge in [-0.25, -0.2) is 4.79 Å². The van der Waals surface area contributed by atoms with Crippen molar-refractivity contribution < 1.29 is 38.0 Å². The van der Waals surface area contributed by atoms with Gasteiger partial charge in [0, 0.05) is 6.07 Å². The fraction of sp³-hybridized carbons (Fsp3) is 0.300. The first-order valence-corrected chi connectivity index (χ1v) is 8.47. The summed E-state index contributed by atoms with van der Waals surface area (Å²) in [5.74, 6) is 0.450. The molecule has 9 heteroatoms. The van der Waals surface area contributed by atoms with E-state index in [1.807, 2.05) is 0 Å². The van der Waals surface area contributed by atoms with Crippen LogP contribution in [0.4, 0.5) is 5.69 Å². The van der Waals surface area contributed by atoms with E-state index in [0.29, 0.717) is 22.9 Å². The van der Waals surface area contributed by atoms with Crippen molar-refractivity contribution in [2.75, 3.05) is 47.5 Å². The van der Waals surface area contributed by atoms with E-state index in [1.165, 1.54) is 41.6 Å². The molecule has 0 bridgehead atoms. The van der Waals surface area contributed by atoms with Crippen molar-refractivity contribution >= 4 is 17.6 Å². The second-order valence-corrected chi connectivity index (χ2v) is 5.57. The Balaban J connectivity index is 2.11. The Morgan fingerprint density at radius 1 is 0.793 bits per heavy atom. The van der Waals surface area contributed by atoms with Crippen LogP contribution in [0, 0.1) is 0 Å². The lowest BCUT2D eigenvalue weighted by Crippen LogP contribution is -2.21. The van der Waals surface area contributed by atoms with Gasteiger partial charge in [-0.3, -0.25) is 4.79 Å². The van der Waals surface area contributed by atoms with Gasteiger partial charge in [0.15, 0.2) is 18.1 Å². The molecule has 0 aliphatic carbocycles. The molecule has 1 N–H and O–H groups in total. The van der Waals surface area contributed by atoms with Crippen LogP contribution in [0.15, 0.2) is 30.3 Å². The van der Waals surface area contributed by atoms with Crippen LogP contribution < -0.4 is 29.0 Å². The van der Waals surface area contributed by atoms with Crippen LogP contribution in [-0.4, -0.2) is 54.0 Å². The van der Waals surface area contributed by atoms with Crippen LogP contribution in [0.2, 0.25) is 0 Å². The van der Waals surface area contributed by atoms with Crippen molar-refractivity contribution in [3.05, 3.63) is 35.9 Å². The fourth-order valence-corrected chi connectivity index (χ4v) is 2.57. The maximum absolute atomic E-state index is 12.4. The van der Waals surface area contributed by atoms with Gasteiger partial charge in [-0.2, -0.15) is 0 Å². The van der Waals surface area contributed by atoms with Crippen molar-refractivity contribution in [2.45, 2.75) is 0 Å². The molecule has 29 heavy (non-hydrogen) atoms. The molecule has 0 unspecified atom stereocenters. The molecule has 2 aromatic carbocycles. The Kier molecular flexibility index (Phi) is 7.53. The van der Waals surface area contributed by atoms with Gasteiger partial charge in [-0.1, -0.05) is 0 Å². The molecule has 0 spiro atoms. The summed E-state index contributed by atoms with van der Waals surface area (Å²) in [7, 11) is 7.25. The molecule has 0 saturated carbocycles. The third kappa shape index (κ3) is 5.01. The highest BCUT2D eigenvalue weighted by Gasteiger charge is 2.22. The molecule has 0 aromatic heterocycles. The number of benzene rings is 2. The van der Waals surface area contributed by atoms with E-state index in [0.717, 1.165) is 0 Å². The lowest BCUT2D eigenvalue weighted by Gasteiger charge is -2.15. The minimum absolute atomic E-state index is 0.0944. The summed E-state index contributed by atoms with van der Waals surface area (Å²) in [5, 5.41) is 2.62. The number of hydrogen-bond acceptors (Lipinski definition) is 8. The van der Waals surface area contributed by atoms with Crippen molar-refractivity contribution in [3.8, 4) is 28.7 Å². The third-order valence-electron chi connectivity index (χ3n) is 3.94. The summed E-state index contributed by atoms with van der Waals surface area (Å²) in [6, 6.07) is 7.94. The zero-order valence-electron chi connectivity index (χ0n) is 16.9. The molecule has 156 valence electrons. The summed E-state index contributed by atoms with van der Waals surface area (Å²) in [5.41, 5.74) is 0.480. The third-order valence-corrected chi connectivity index (χ3v) is 3.94. The summed E-state index contributed by atoms with van der Waals surface area (Å²) < 4.78 is 31.1. The number of ether oxygens (including phenoxy) is 6. The molecule has 0 aliphatic rings. The zero-order chi connectivity index (χ0) is 21.4. The highest BCUT2D eigenvalue weighted by atomic mass is 16.5. The van der Waals surface area contributed by atoms with Gasteiger partial charge in [0.25, 0.3) is 5.91 Å². The van der Waals surface area contributed by atoms with E-state index in [4.69, 9.17) is 28.4 Å². The van der Waals surface area contributed by atoms with Crippen LogP contribution >= 0.6 is 0 Å². The number of amides is 1. The average Bonchev–Trinajstić information content (AvgIpc) is 2.75. The van der Waals surface area contributed by atoms with E-state index in [9.17, 15) is 9.59 Å². The summed E-state index contributed by atoms with van der Waals surface area (Å²) >= 11 is 0. The minimum atomic E-state index is -0.754. The molecule has 0 radical (unpaired) electrons. The van der Waals surface area contributed by atoms with Gasteiger partial charge >= 0.3 is 5.97 Å². The van der Waals surface area contributed by atoms with E-state index in [1.54, 1.807) is 24.3 Å². The standard InChI is InChI=1S/C20H23NO8/c1-24-12-6-8-15(25-2)14(10-12)21-17(22)11-29-20(23)13-7-9-16(26-3)19(28-5)18(13)27-4/h6-10H,11H2,1-5H3,(H,21,22). The van der Waals surface area contributed by atoms with Crippen LogP contribution in [0.1, 0.15) is 10.4 Å². The van der Waals surface area contributed by atoms with E-state index >= 15 is 0 Å². The Morgan fingerprint density at radius 3 is 2.03 bits per heavy atom. The minimum Gasteiger partial charge on any atom is -0.497 e. The largest absolute Gasteiger partial charge is 0.497 e. The smallest absolute Gasteiger partial charge is 0.342 e. The van der Waals surface area contributed by atoms with Gasteiger partial charge in [-0.15, -0.1) is 0 Å². The molecule has 0 aliphatic heterocycles. The highest BCUT2D eigenvalue weighted by molar-refractivity contribution is 5.98. The molecule has 2 aromatic rings. The number of carbonyl (C=O) groups is 2. The molecule has 0 saturated heterocycles. The molecular weight excluding hydrogens is 382 g/mol. The number of methoxy groups -OCH3 is 5. The molecule has 0 heterocycles. The topological polar surface area (TPSA) is 102 Å². The van der Waals surface area contributed by atoms with Crippen LogP contribution in [0.5, 0.6) is 28.7 Å². The first-order chi connectivity index (χ1) is 14.0. The fourth-order valence-electron chi connectivity index (χ4n) is 2.57. The number of esters is 1. The average molecular weight is 405 g/mol. The lowest BCUT2D eigenvalue weighted by atomic mass is 10.1. The van der Waals surface area contributed by atoms with Gasteiger partial charge in [0.05, 0.1) is 41.2 Å². The first-order valence-electron chi connectivity index (χ1n) is 8.47. The van der Waals surface area contributed by atoms with E-state index in [2.05, 4.69) is 5.32 Å². The summed E-state index contributed by atoms with van der Waals surface area (Å²) in [6.07, 6.45) is 0. The Hall–Kier alpha value is -3.62. The maximum Gasteiger partial charge on any atom is 0.342 e. The molecular formula is C20H23NO8. The van der Waals surface area contributed by atoms with Gasteiger partial charge in [0.1, 0.15) is 17.1 Å². The van der Waals surface area contributed by atoms with E-state index < -0.39 is 18.5 Å². The predicted octanol–water partition coefficient (Wildman–Crippen LogP) is 2.53. The van der Waals surface area contributed by atoms with Crippen LogP contribution in [-0.2, 0) is 9.53 Å². The first kappa shape index (κ1) is 21.7. The molecule has 2 rings (SSSR count). The number of hydrogen-bond donors (Lipinski definition) is 1. The SMILES string of the molecule is COc1ccc(OC)c(NC(=O)COC(=O)c2ccc(OC)c(OC)c2OC)c1. The number of anilines is 1. The quantitative estimate of drug-likeness (QED) is 0.635. The normalized spacial score (nSPS) is 9.97. The van der Waals surface area contributed by atoms with E-state index in [-0.39, 0.29) is 17.1 Å². The second-order valence-electron chi connectivity index (χ2n) is 5.57. The number of carbonyl (C=O) groups excluding carboxylic acids is 2. The van der Waals surface area contributed by atoms with Crippen molar-refractivity contribution in [2.24, 2.45) is 0 Å². The monoisotopic (exact) mass is 405 g/mol. The predicted molar refractivity (Wildman–Crippen MR) is 105 cm³/mol. The molecule has 9 nitrogen and oxygen atoms in total. The number of nitrogens with one attached hydrogen (secondary N) is 1. The molecule has 0 atom stereocenters. The van der Waals surface area contributed by atoms with Crippen LogP contribution in [0.3, 0.4) is 0 Å². The molecule has 1 amide bonds. The summed E-state index contributed by atoms with van der Waals surface area (Å²) in [6.45, 7) is -0.517. The Morgan fingerprint density at radius 2 is 1.45 bits per heavy atom. The van der Waals surface area contributed by atoms with Crippen LogP contribution in [0.25, 0.3) is 0 Å². The summed E-state index contributed by atoms with van der Waals surface area (Å²) in [4.78, 5) is 24.7. The Labute approximate surface area is 168 Å². The van der Waals surface area contributed by atoms with Crippen molar-refractivity contribution in [3.63, 3.8) is 0 Å². The maximum atomic E-state index is 12.4. The van der Waals surface area contributed by atoms with Crippen molar-refractivity contribution in [1.82, 2.24) is 0 Å². The Bertz CT molecular complexity index is 881. The van der Waals surface area contributed by atoms with Crippen molar-refractivity contribution in [1.29, 1.82) is 0 Å². The number of rotatable bonds is 9. The molecule has 0 fully saturated rings. The highest BCUT2D eigenvalue weighted by Crippen LogP contribution is 2.40. The zero-order valence-corrected chi connectivity index (χ0v) is 16.9. The van der Waals surface area contributed by atoms with Gasteiger partial charge < -0.3 is 33.7 Å².